The molecule has 0 spiro atoms. The SMILES string of the molecule is CC1=C(Cl)C(=O)C(Cl)=C(Cl)C1=NC(=O)c1ccc(C)cc1. The van der Waals surface area contributed by atoms with E-state index in [1.165, 1.54) is 0 Å². The van der Waals surface area contributed by atoms with E-state index in [0.29, 0.717) is 11.1 Å². The Balaban J connectivity index is 2.46. The fourth-order valence-electron chi connectivity index (χ4n) is 1.73. The van der Waals surface area contributed by atoms with Crippen LogP contribution in [0, 0.1) is 6.92 Å². The number of hydrogen-bond acceptors (Lipinski definition) is 2. The molecule has 1 aromatic rings. The molecule has 0 atom stereocenters. The van der Waals surface area contributed by atoms with E-state index in [2.05, 4.69) is 4.99 Å². The van der Waals surface area contributed by atoms with Gasteiger partial charge in [-0.3, -0.25) is 9.59 Å². The number of nitrogens with zero attached hydrogens (tertiary/aromatic N) is 1. The second-order valence-electron chi connectivity index (χ2n) is 4.53. The molecule has 0 unspecified atom stereocenters. The smallest absolute Gasteiger partial charge is 0.277 e. The van der Waals surface area contributed by atoms with Crippen LogP contribution in [-0.2, 0) is 4.79 Å². The van der Waals surface area contributed by atoms with E-state index in [1.807, 2.05) is 6.92 Å². The van der Waals surface area contributed by atoms with Crippen molar-refractivity contribution in [2.75, 3.05) is 0 Å². The summed E-state index contributed by atoms with van der Waals surface area (Å²) in [7, 11) is 0. The van der Waals surface area contributed by atoms with E-state index in [4.69, 9.17) is 34.8 Å². The molecular formula is C15H10Cl3NO2. The van der Waals surface area contributed by atoms with E-state index in [0.717, 1.165) is 5.56 Å². The summed E-state index contributed by atoms with van der Waals surface area (Å²) in [6, 6.07) is 6.93. The molecule has 0 heterocycles. The number of benzene rings is 1. The maximum absolute atomic E-state index is 12.1. The Morgan fingerprint density at radius 1 is 0.952 bits per heavy atom. The maximum atomic E-state index is 12.1. The van der Waals surface area contributed by atoms with Crippen LogP contribution in [0.25, 0.3) is 0 Å². The Morgan fingerprint density at radius 2 is 1.52 bits per heavy atom. The summed E-state index contributed by atoms with van der Waals surface area (Å²) in [5.74, 6) is -1.05. The number of rotatable bonds is 1. The first-order chi connectivity index (χ1) is 9.82. The molecule has 0 aliphatic heterocycles. The van der Waals surface area contributed by atoms with Crippen LogP contribution in [0.5, 0.6) is 0 Å². The molecule has 0 N–H and O–H groups in total. The summed E-state index contributed by atoms with van der Waals surface area (Å²) >= 11 is 17.7. The minimum absolute atomic E-state index is 0.0657. The highest BCUT2D eigenvalue weighted by Gasteiger charge is 2.29. The van der Waals surface area contributed by atoms with Crippen LogP contribution in [0.3, 0.4) is 0 Å². The van der Waals surface area contributed by atoms with Gasteiger partial charge in [-0.1, -0.05) is 52.5 Å². The molecule has 0 saturated heterocycles. The number of hydrogen-bond donors (Lipinski definition) is 0. The zero-order valence-electron chi connectivity index (χ0n) is 11.2. The van der Waals surface area contributed by atoms with Gasteiger partial charge in [0.2, 0.25) is 5.78 Å². The van der Waals surface area contributed by atoms with Gasteiger partial charge in [0.1, 0.15) is 5.03 Å². The summed E-state index contributed by atoms with van der Waals surface area (Å²) < 4.78 is 0. The van der Waals surface area contributed by atoms with Gasteiger partial charge < -0.3 is 0 Å². The number of carbonyl (C=O) groups excluding carboxylic acids is 2. The summed E-state index contributed by atoms with van der Waals surface area (Å²) in [6.45, 7) is 3.48. The highest BCUT2D eigenvalue weighted by atomic mass is 35.5. The topological polar surface area (TPSA) is 46.5 Å². The Labute approximate surface area is 136 Å². The molecule has 0 fully saturated rings. The lowest BCUT2D eigenvalue weighted by Crippen LogP contribution is -2.18. The Kier molecular flexibility index (Phi) is 4.67. The Morgan fingerprint density at radius 3 is 2.10 bits per heavy atom. The Hall–Kier alpha value is -1.42. The van der Waals surface area contributed by atoms with Crippen molar-refractivity contribution >= 4 is 52.2 Å². The number of allylic oxidation sites excluding steroid dienone is 4. The number of ketones is 1. The molecule has 0 radical (unpaired) electrons. The highest BCUT2D eigenvalue weighted by molar-refractivity contribution is 6.64. The van der Waals surface area contributed by atoms with Crippen molar-refractivity contribution in [1.82, 2.24) is 0 Å². The van der Waals surface area contributed by atoms with E-state index in [9.17, 15) is 9.59 Å². The average Bonchev–Trinajstić information content (AvgIpc) is 2.48. The minimum Gasteiger partial charge on any atom is -0.287 e. The zero-order valence-corrected chi connectivity index (χ0v) is 13.5. The van der Waals surface area contributed by atoms with Gasteiger partial charge in [-0.25, -0.2) is 4.99 Å². The lowest BCUT2D eigenvalue weighted by Gasteiger charge is -2.14. The van der Waals surface area contributed by atoms with Gasteiger partial charge in [-0.15, -0.1) is 0 Å². The van der Waals surface area contributed by atoms with Crippen molar-refractivity contribution in [3.8, 4) is 0 Å². The van der Waals surface area contributed by atoms with Crippen molar-refractivity contribution in [2.45, 2.75) is 13.8 Å². The molecule has 0 saturated carbocycles. The Bertz CT molecular complexity index is 698. The van der Waals surface area contributed by atoms with Crippen LogP contribution < -0.4 is 0 Å². The van der Waals surface area contributed by atoms with E-state index < -0.39 is 11.7 Å². The fourth-order valence-corrected chi connectivity index (χ4v) is 2.42. The maximum Gasteiger partial charge on any atom is 0.277 e. The van der Waals surface area contributed by atoms with Crippen LogP contribution in [-0.4, -0.2) is 17.4 Å². The molecule has 0 aromatic heterocycles. The third-order valence-corrected chi connectivity index (χ3v) is 4.28. The predicted molar refractivity (Wildman–Crippen MR) is 85.2 cm³/mol. The molecule has 21 heavy (non-hydrogen) atoms. The summed E-state index contributed by atoms with van der Waals surface area (Å²) in [5.41, 5.74) is 1.89. The number of amides is 1. The van der Waals surface area contributed by atoms with Crippen molar-refractivity contribution in [3.63, 3.8) is 0 Å². The van der Waals surface area contributed by atoms with Gasteiger partial charge in [0.15, 0.2) is 0 Å². The highest BCUT2D eigenvalue weighted by Crippen LogP contribution is 2.32. The number of carbonyl (C=O) groups is 2. The van der Waals surface area contributed by atoms with Gasteiger partial charge >= 0.3 is 0 Å². The molecule has 1 aromatic carbocycles. The molecule has 2 rings (SSSR count). The van der Waals surface area contributed by atoms with Crippen molar-refractivity contribution < 1.29 is 9.59 Å². The van der Waals surface area contributed by atoms with Gasteiger partial charge in [-0.2, -0.15) is 0 Å². The third-order valence-electron chi connectivity index (χ3n) is 3.00. The molecule has 3 nitrogen and oxygen atoms in total. The van der Waals surface area contributed by atoms with Crippen molar-refractivity contribution in [3.05, 3.63) is 56.1 Å². The first-order valence-corrected chi connectivity index (χ1v) is 7.13. The van der Waals surface area contributed by atoms with Gasteiger partial charge in [-0.05, 0) is 31.6 Å². The molecule has 1 aliphatic carbocycles. The van der Waals surface area contributed by atoms with E-state index >= 15 is 0 Å². The summed E-state index contributed by atoms with van der Waals surface area (Å²) in [6.07, 6.45) is 0. The van der Waals surface area contributed by atoms with E-state index in [-0.39, 0.29) is 20.8 Å². The molecule has 0 bridgehead atoms. The molecule has 6 heteroatoms. The van der Waals surface area contributed by atoms with Crippen LogP contribution in [0.4, 0.5) is 0 Å². The zero-order chi connectivity index (χ0) is 15.7. The molecule has 1 amide bonds. The van der Waals surface area contributed by atoms with Crippen LogP contribution >= 0.6 is 34.8 Å². The van der Waals surface area contributed by atoms with Crippen molar-refractivity contribution in [1.29, 1.82) is 0 Å². The lowest BCUT2D eigenvalue weighted by atomic mass is 10.0. The first-order valence-electron chi connectivity index (χ1n) is 5.99. The number of aliphatic imine (C=N–C) groups is 1. The van der Waals surface area contributed by atoms with Crippen LogP contribution in [0.15, 0.2) is 49.9 Å². The fraction of sp³-hybridized carbons (Fsp3) is 0.133. The normalized spacial score (nSPS) is 17.8. The number of Topliss-reactive ketones (excluding diaryl/α,β-unsaturated/α-hetero) is 1. The van der Waals surface area contributed by atoms with Gasteiger partial charge in [0, 0.05) is 5.56 Å². The molecule has 1 aliphatic rings. The number of halogens is 3. The minimum atomic E-state index is -0.567. The molecule has 108 valence electrons. The second-order valence-corrected chi connectivity index (χ2v) is 5.66. The molecular weight excluding hydrogens is 333 g/mol. The van der Waals surface area contributed by atoms with Crippen LogP contribution in [0.1, 0.15) is 22.8 Å². The third kappa shape index (κ3) is 3.10. The predicted octanol–water partition coefficient (Wildman–Crippen LogP) is 4.36. The van der Waals surface area contributed by atoms with Crippen LogP contribution in [0.2, 0.25) is 0 Å². The lowest BCUT2D eigenvalue weighted by molar-refractivity contribution is -0.111. The monoisotopic (exact) mass is 341 g/mol. The quantitative estimate of drug-likeness (QED) is 0.712. The first kappa shape index (κ1) is 16.0. The van der Waals surface area contributed by atoms with Gasteiger partial charge in [0.05, 0.1) is 15.8 Å². The van der Waals surface area contributed by atoms with E-state index in [1.54, 1.807) is 31.2 Å². The second kappa shape index (κ2) is 6.14. The number of aryl methyl sites for hydroxylation is 1. The van der Waals surface area contributed by atoms with Gasteiger partial charge in [0.25, 0.3) is 5.91 Å². The standard InChI is InChI=1S/C15H10Cl3NO2/c1-7-3-5-9(6-4-7)15(21)19-13-8(2)10(16)14(20)12(18)11(13)17/h3-6H,1-2H3. The largest absolute Gasteiger partial charge is 0.287 e. The van der Waals surface area contributed by atoms with Crippen molar-refractivity contribution in [2.24, 2.45) is 4.99 Å². The summed E-state index contributed by atoms with van der Waals surface area (Å²) in [4.78, 5) is 27.8. The average molecular weight is 343 g/mol. The summed E-state index contributed by atoms with van der Waals surface area (Å²) in [5, 5.41) is -0.383.